The summed E-state index contributed by atoms with van der Waals surface area (Å²) < 4.78 is 0. The Bertz CT molecular complexity index is 532. The number of phenolic OH excluding ortho intramolecular Hbond substituents is 1. The molecule has 2 aliphatic heterocycles. The third-order valence-electron chi connectivity index (χ3n) is 4.45. The summed E-state index contributed by atoms with van der Waals surface area (Å²) in [5.74, 6) is 0.362. The first-order chi connectivity index (χ1) is 9.56. The standard InChI is InChI=1S/C15H21N3O2/c1-10-3-4-13(14(19)7-10)11(2)17-5-6-18-12(9-17)8-16-15(18)20/h3-4,7,11-12,19H,5-6,8-9H2,1-2H3,(H,16,20). The van der Waals surface area contributed by atoms with Crippen molar-refractivity contribution in [2.24, 2.45) is 0 Å². The van der Waals surface area contributed by atoms with Gasteiger partial charge in [-0.2, -0.15) is 0 Å². The summed E-state index contributed by atoms with van der Waals surface area (Å²) >= 11 is 0. The van der Waals surface area contributed by atoms with Crippen molar-refractivity contribution in [2.45, 2.75) is 25.9 Å². The molecule has 2 heterocycles. The number of carbonyl (C=O) groups excluding carboxylic acids is 1. The van der Waals surface area contributed by atoms with Crippen LogP contribution in [-0.4, -0.2) is 53.2 Å². The van der Waals surface area contributed by atoms with Gasteiger partial charge in [0.2, 0.25) is 0 Å². The molecular formula is C15H21N3O2. The highest BCUT2D eigenvalue weighted by Gasteiger charge is 2.37. The summed E-state index contributed by atoms with van der Waals surface area (Å²) in [6, 6.07) is 6.31. The van der Waals surface area contributed by atoms with Crippen LogP contribution >= 0.6 is 0 Å². The molecule has 5 nitrogen and oxygen atoms in total. The van der Waals surface area contributed by atoms with Crippen molar-refractivity contribution in [1.29, 1.82) is 0 Å². The molecule has 108 valence electrons. The van der Waals surface area contributed by atoms with Gasteiger partial charge in [0, 0.05) is 37.8 Å². The minimum Gasteiger partial charge on any atom is -0.508 e. The minimum absolute atomic E-state index is 0.0560. The number of hydrogen-bond acceptors (Lipinski definition) is 3. The van der Waals surface area contributed by atoms with Gasteiger partial charge in [0.15, 0.2) is 0 Å². The predicted octanol–water partition coefficient (Wildman–Crippen LogP) is 1.47. The largest absolute Gasteiger partial charge is 0.508 e. The number of piperazine rings is 1. The smallest absolute Gasteiger partial charge is 0.317 e. The van der Waals surface area contributed by atoms with E-state index in [2.05, 4.69) is 17.1 Å². The Morgan fingerprint density at radius 2 is 2.20 bits per heavy atom. The fourth-order valence-electron chi connectivity index (χ4n) is 3.18. The molecule has 0 radical (unpaired) electrons. The number of fused-ring (bicyclic) bond motifs is 1. The van der Waals surface area contributed by atoms with Crippen LogP contribution in [0.15, 0.2) is 18.2 Å². The molecular weight excluding hydrogens is 254 g/mol. The zero-order chi connectivity index (χ0) is 14.3. The third kappa shape index (κ3) is 2.22. The van der Waals surface area contributed by atoms with Crippen molar-refractivity contribution in [3.8, 4) is 5.75 Å². The van der Waals surface area contributed by atoms with E-state index >= 15 is 0 Å². The second kappa shape index (κ2) is 4.98. The molecule has 2 atom stereocenters. The van der Waals surface area contributed by atoms with Crippen LogP contribution in [0, 0.1) is 6.92 Å². The lowest BCUT2D eigenvalue weighted by molar-refractivity contribution is 0.0930. The summed E-state index contributed by atoms with van der Waals surface area (Å²) in [5.41, 5.74) is 2.02. The Labute approximate surface area is 119 Å². The molecule has 0 aliphatic carbocycles. The van der Waals surface area contributed by atoms with Gasteiger partial charge in [0.25, 0.3) is 0 Å². The summed E-state index contributed by atoms with van der Waals surface area (Å²) in [6.07, 6.45) is 0. The van der Waals surface area contributed by atoms with Crippen LogP contribution in [-0.2, 0) is 0 Å². The second-order valence-electron chi connectivity index (χ2n) is 5.77. The molecule has 0 aromatic heterocycles. The van der Waals surface area contributed by atoms with E-state index in [1.807, 2.05) is 30.0 Å². The van der Waals surface area contributed by atoms with E-state index in [-0.39, 0.29) is 18.1 Å². The summed E-state index contributed by atoms with van der Waals surface area (Å²) in [6.45, 7) is 7.27. The average molecular weight is 275 g/mol. The molecule has 0 saturated carbocycles. The monoisotopic (exact) mass is 275 g/mol. The number of aryl methyl sites for hydroxylation is 1. The minimum atomic E-state index is 0.0560. The van der Waals surface area contributed by atoms with Gasteiger partial charge < -0.3 is 15.3 Å². The molecule has 1 aromatic rings. The molecule has 2 aliphatic rings. The van der Waals surface area contributed by atoms with Crippen LogP contribution in [0.2, 0.25) is 0 Å². The summed E-state index contributed by atoms with van der Waals surface area (Å²) in [4.78, 5) is 15.9. The molecule has 2 saturated heterocycles. The first-order valence-electron chi connectivity index (χ1n) is 7.14. The van der Waals surface area contributed by atoms with Crippen LogP contribution in [0.1, 0.15) is 24.1 Å². The SMILES string of the molecule is Cc1ccc(C(C)N2CCN3C(=O)NCC3C2)c(O)c1. The van der Waals surface area contributed by atoms with Crippen molar-refractivity contribution in [2.75, 3.05) is 26.2 Å². The van der Waals surface area contributed by atoms with Crippen molar-refractivity contribution in [3.63, 3.8) is 0 Å². The summed E-state index contributed by atoms with van der Waals surface area (Å²) in [5, 5.41) is 13.0. The number of benzene rings is 1. The number of urea groups is 1. The maximum absolute atomic E-state index is 11.6. The molecule has 2 fully saturated rings. The molecule has 20 heavy (non-hydrogen) atoms. The van der Waals surface area contributed by atoms with Crippen molar-refractivity contribution >= 4 is 6.03 Å². The number of carbonyl (C=O) groups is 1. The van der Waals surface area contributed by atoms with Crippen molar-refractivity contribution < 1.29 is 9.90 Å². The number of rotatable bonds is 2. The third-order valence-corrected chi connectivity index (χ3v) is 4.45. The maximum atomic E-state index is 11.6. The summed E-state index contributed by atoms with van der Waals surface area (Å²) in [7, 11) is 0. The lowest BCUT2D eigenvalue weighted by Gasteiger charge is -2.39. The van der Waals surface area contributed by atoms with Gasteiger partial charge in [-0.25, -0.2) is 4.79 Å². The Kier molecular flexibility index (Phi) is 3.30. The quantitative estimate of drug-likeness (QED) is 0.859. The molecule has 2 unspecified atom stereocenters. The average Bonchev–Trinajstić information content (AvgIpc) is 2.79. The van der Waals surface area contributed by atoms with E-state index in [9.17, 15) is 9.90 Å². The number of hydrogen-bond donors (Lipinski definition) is 2. The lowest BCUT2D eigenvalue weighted by Crippen LogP contribution is -2.52. The molecule has 0 spiro atoms. The van der Waals surface area contributed by atoms with E-state index in [1.165, 1.54) is 0 Å². The van der Waals surface area contributed by atoms with Gasteiger partial charge in [-0.1, -0.05) is 12.1 Å². The Hall–Kier alpha value is -1.75. The van der Waals surface area contributed by atoms with Crippen LogP contribution in [0.5, 0.6) is 5.75 Å². The van der Waals surface area contributed by atoms with Gasteiger partial charge >= 0.3 is 6.03 Å². The van der Waals surface area contributed by atoms with Crippen LogP contribution in [0.25, 0.3) is 0 Å². The van der Waals surface area contributed by atoms with Gasteiger partial charge in [0.05, 0.1) is 6.04 Å². The van der Waals surface area contributed by atoms with E-state index in [1.54, 1.807) is 0 Å². The molecule has 2 amide bonds. The van der Waals surface area contributed by atoms with Gasteiger partial charge in [-0.3, -0.25) is 4.90 Å². The van der Waals surface area contributed by atoms with Crippen molar-refractivity contribution in [1.82, 2.24) is 15.1 Å². The Morgan fingerprint density at radius 1 is 1.40 bits per heavy atom. The highest BCUT2D eigenvalue weighted by molar-refractivity contribution is 5.77. The Morgan fingerprint density at radius 3 is 2.95 bits per heavy atom. The molecule has 0 bridgehead atoms. The van der Waals surface area contributed by atoms with Crippen LogP contribution in [0.3, 0.4) is 0 Å². The van der Waals surface area contributed by atoms with E-state index < -0.39 is 0 Å². The van der Waals surface area contributed by atoms with E-state index in [4.69, 9.17) is 0 Å². The lowest BCUT2D eigenvalue weighted by atomic mass is 10.0. The number of phenols is 1. The fourth-order valence-corrected chi connectivity index (χ4v) is 3.18. The van der Waals surface area contributed by atoms with Crippen molar-refractivity contribution in [3.05, 3.63) is 29.3 Å². The first-order valence-corrected chi connectivity index (χ1v) is 7.14. The van der Waals surface area contributed by atoms with Crippen LogP contribution in [0.4, 0.5) is 4.79 Å². The highest BCUT2D eigenvalue weighted by atomic mass is 16.3. The molecule has 5 heteroatoms. The Balaban J connectivity index is 1.75. The second-order valence-corrected chi connectivity index (χ2v) is 5.77. The highest BCUT2D eigenvalue weighted by Crippen LogP contribution is 2.31. The first kappa shape index (κ1) is 13.2. The van der Waals surface area contributed by atoms with E-state index in [0.29, 0.717) is 5.75 Å². The number of aromatic hydroxyl groups is 1. The number of nitrogens with one attached hydrogen (secondary N) is 1. The molecule has 2 N–H and O–H groups in total. The predicted molar refractivity (Wildman–Crippen MR) is 76.7 cm³/mol. The maximum Gasteiger partial charge on any atom is 0.317 e. The van der Waals surface area contributed by atoms with Gasteiger partial charge in [-0.05, 0) is 25.5 Å². The number of amides is 2. The van der Waals surface area contributed by atoms with Crippen LogP contribution < -0.4 is 5.32 Å². The van der Waals surface area contributed by atoms with E-state index in [0.717, 1.165) is 37.3 Å². The topological polar surface area (TPSA) is 55.8 Å². The molecule has 1 aromatic carbocycles. The number of nitrogens with zero attached hydrogens (tertiary/aromatic N) is 2. The van der Waals surface area contributed by atoms with Gasteiger partial charge in [0.1, 0.15) is 5.75 Å². The fraction of sp³-hybridized carbons (Fsp3) is 0.533. The normalized spacial score (nSPS) is 24.4. The molecule has 3 rings (SSSR count). The zero-order valence-electron chi connectivity index (χ0n) is 12.0. The van der Waals surface area contributed by atoms with Gasteiger partial charge in [-0.15, -0.1) is 0 Å². The zero-order valence-corrected chi connectivity index (χ0v) is 12.0.